The molecule has 1 amide bonds. The zero-order valence-corrected chi connectivity index (χ0v) is 9.53. The third-order valence-electron chi connectivity index (χ3n) is 2.17. The van der Waals surface area contributed by atoms with Crippen LogP contribution in [0, 0.1) is 0 Å². The summed E-state index contributed by atoms with van der Waals surface area (Å²) in [5.74, 6) is -0.409. The lowest BCUT2D eigenvalue weighted by atomic mass is 10.3. The fraction of sp³-hybridized carbons (Fsp3) is 0.455. The minimum absolute atomic E-state index is 0.0523. The van der Waals surface area contributed by atoms with Crippen molar-refractivity contribution < 1.29 is 14.3 Å². The van der Waals surface area contributed by atoms with Crippen LogP contribution in [0.15, 0.2) is 18.3 Å². The number of ether oxygens (including phenoxy) is 1. The van der Waals surface area contributed by atoms with Crippen molar-refractivity contribution in [3.8, 4) is 0 Å². The number of nitrogens with one attached hydrogen (secondary N) is 1. The molecule has 0 unspecified atom stereocenters. The molecule has 1 heterocycles. The van der Waals surface area contributed by atoms with Gasteiger partial charge in [-0.2, -0.15) is 0 Å². The second-order valence-electron chi connectivity index (χ2n) is 3.23. The molecule has 0 saturated carbocycles. The highest BCUT2D eigenvalue weighted by Gasteiger charge is 2.11. The lowest BCUT2D eigenvalue weighted by Crippen LogP contribution is -2.20. The Hall–Kier alpha value is -1.78. The van der Waals surface area contributed by atoms with Crippen molar-refractivity contribution in [2.45, 2.75) is 19.9 Å². The predicted molar refractivity (Wildman–Crippen MR) is 59.1 cm³/mol. The van der Waals surface area contributed by atoms with Gasteiger partial charge in [0.15, 0.2) is 0 Å². The van der Waals surface area contributed by atoms with E-state index in [4.69, 9.17) is 4.74 Å². The zero-order valence-electron chi connectivity index (χ0n) is 9.53. The highest BCUT2D eigenvalue weighted by atomic mass is 16.5. The lowest BCUT2D eigenvalue weighted by molar-refractivity contribution is -0.120. The number of nitrogens with zero attached hydrogens (tertiary/aromatic N) is 1. The molecule has 1 aromatic rings. The Bertz CT molecular complexity index is 371. The molecular formula is C11H16N2O3. The summed E-state index contributed by atoms with van der Waals surface area (Å²) < 4.78 is 6.62. The molecule has 0 aliphatic rings. The third kappa shape index (κ3) is 3.12. The van der Waals surface area contributed by atoms with Gasteiger partial charge in [-0.05, 0) is 19.1 Å². The number of aryl methyl sites for hydroxylation is 1. The van der Waals surface area contributed by atoms with Crippen LogP contribution in [0.3, 0.4) is 0 Å². The highest BCUT2D eigenvalue weighted by molar-refractivity contribution is 5.87. The molecule has 0 fully saturated rings. The van der Waals surface area contributed by atoms with E-state index in [2.05, 4.69) is 5.32 Å². The monoisotopic (exact) mass is 224 g/mol. The van der Waals surface area contributed by atoms with Crippen molar-refractivity contribution in [1.82, 2.24) is 9.88 Å². The standard InChI is InChI=1S/C11H16N2O3/c1-3-16-11(15)9-5-4-7-13(9)8-6-10(14)12-2/h4-5,7H,3,6,8H2,1-2H3,(H,12,14). The van der Waals surface area contributed by atoms with Gasteiger partial charge in [0.25, 0.3) is 0 Å². The molecule has 16 heavy (non-hydrogen) atoms. The van der Waals surface area contributed by atoms with Crippen molar-refractivity contribution >= 4 is 11.9 Å². The zero-order chi connectivity index (χ0) is 12.0. The van der Waals surface area contributed by atoms with Crippen LogP contribution in [0.2, 0.25) is 0 Å². The summed E-state index contributed by atoms with van der Waals surface area (Å²) in [5.41, 5.74) is 0.478. The summed E-state index contributed by atoms with van der Waals surface area (Å²) in [6.45, 7) is 2.58. The molecule has 0 spiro atoms. The molecule has 0 saturated heterocycles. The Morgan fingerprint density at radius 3 is 2.88 bits per heavy atom. The maximum Gasteiger partial charge on any atom is 0.354 e. The van der Waals surface area contributed by atoms with Crippen LogP contribution >= 0.6 is 0 Å². The van der Waals surface area contributed by atoms with E-state index in [1.54, 1.807) is 36.9 Å². The Kier molecular flexibility index (Phi) is 4.57. The first-order valence-corrected chi connectivity index (χ1v) is 5.22. The van der Waals surface area contributed by atoms with Gasteiger partial charge >= 0.3 is 5.97 Å². The van der Waals surface area contributed by atoms with Gasteiger partial charge in [-0.15, -0.1) is 0 Å². The van der Waals surface area contributed by atoms with Crippen LogP contribution in [-0.2, 0) is 16.1 Å². The molecule has 0 aliphatic carbocycles. The topological polar surface area (TPSA) is 60.3 Å². The quantitative estimate of drug-likeness (QED) is 0.752. The second kappa shape index (κ2) is 5.95. The molecular weight excluding hydrogens is 208 g/mol. The highest BCUT2D eigenvalue weighted by Crippen LogP contribution is 2.05. The van der Waals surface area contributed by atoms with E-state index < -0.39 is 0 Å². The van der Waals surface area contributed by atoms with Crippen LogP contribution in [0.5, 0.6) is 0 Å². The molecule has 1 aromatic heterocycles. The average Bonchev–Trinajstić information content (AvgIpc) is 2.74. The summed E-state index contributed by atoms with van der Waals surface area (Å²) in [5, 5.41) is 2.53. The van der Waals surface area contributed by atoms with Crippen molar-refractivity contribution in [1.29, 1.82) is 0 Å². The third-order valence-corrected chi connectivity index (χ3v) is 2.17. The van der Waals surface area contributed by atoms with Crippen LogP contribution in [-0.4, -0.2) is 30.1 Å². The van der Waals surface area contributed by atoms with E-state index in [0.29, 0.717) is 25.3 Å². The normalized spacial score (nSPS) is 9.88. The van der Waals surface area contributed by atoms with Crippen molar-refractivity contribution in [3.63, 3.8) is 0 Å². The number of carbonyl (C=O) groups is 2. The molecule has 1 N–H and O–H groups in total. The van der Waals surface area contributed by atoms with Crippen LogP contribution < -0.4 is 5.32 Å². The number of amides is 1. The first kappa shape index (κ1) is 12.3. The number of hydrogen-bond acceptors (Lipinski definition) is 3. The summed E-state index contributed by atoms with van der Waals surface area (Å²) >= 11 is 0. The van der Waals surface area contributed by atoms with Gasteiger partial charge in [0.05, 0.1) is 6.61 Å². The SMILES string of the molecule is CCOC(=O)c1cccn1CCC(=O)NC. The summed E-state index contributed by atoms with van der Waals surface area (Å²) in [6, 6.07) is 3.44. The maximum absolute atomic E-state index is 11.5. The largest absolute Gasteiger partial charge is 0.461 e. The van der Waals surface area contributed by atoms with E-state index in [1.807, 2.05) is 0 Å². The van der Waals surface area contributed by atoms with Gasteiger partial charge in [0, 0.05) is 26.2 Å². The minimum atomic E-state index is -0.357. The van der Waals surface area contributed by atoms with Gasteiger partial charge in [0.1, 0.15) is 5.69 Å². The Balaban J connectivity index is 2.63. The predicted octanol–water partition coefficient (Wildman–Crippen LogP) is 0.801. The maximum atomic E-state index is 11.5. The fourth-order valence-corrected chi connectivity index (χ4v) is 1.35. The van der Waals surface area contributed by atoms with E-state index in [-0.39, 0.29) is 11.9 Å². The fourth-order valence-electron chi connectivity index (χ4n) is 1.35. The number of rotatable bonds is 5. The molecule has 0 radical (unpaired) electrons. The van der Waals surface area contributed by atoms with E-state index in [0.717, 1.165) is 0 Å². The van der Waals surface area contributed by atoms with E-state index in [9.17, 15) is 9.59 Å². The molecule has 5 heteroatoms. The smallest absolute Gasteiger partial charge is 0.354 e. The van der Waals surface area contributed by atoms with Gasteiger partial charge in [0.2, 0.25) is 5.91 Å². The lowest BCUT2D eigenvalue weighted by Gasteiger charge is -2.07. The molecule has 0 atom stereocenters. The van der Waals surface area contributed by atoms with E-state index >= 15 is 0 Å². The average molecular weight is 224 g/mol. The molecule has 88 valence electrons. The molecule has 0 aliphatic heterocycles. The first-order valence-electron chi connectivity index (χ1n) is 5.22. The molecule has 0 aromatic carbocycles. The Labute approximate surface area is 94.4 Å². The molecule has 5 nitrogen and oxygen atoms in total. The Morgan fingerprint density at radius 1 is 1.50 bits per heavy atom. The molecule has 0 bridgehead atoms. The van der Waals surface area contributed by atoms with Crippen molar-refractivity contribution in [2.75, 3.05) is 13.7 Å². The summed E-state index contributed by atoms with van der Waals surface area (Å²) in [7, 11) is 1.59. The van der Waals surface area contributed by atoms with Crippen molar-refractivity contribution in [2.24, 2.45) is 0 Å². The van der Waals surface area contributed by atoms with Gasteiger partial charge in [-0.25, -0.2) is 4.79 Å². The van der Waals surface area contributed by atoms with Crippen molar-refractivity contribution in [3.05, 3.63) is 24.0 Å². The number of aromatic nitrogens is 1. The minimum Gasteiger partial charge on any atom is -0.461 e. The van der Waals surface area contributed by atoms with Crippen LogP contribution in [0.25, 0.3) is 0 Å². The second-order valence-corrected chi connectivity index (χ2v) is 3.23. The number of hydrogen-bond donors (Lipinski definition) is 1. The summed E-state index contributed by atoms with van der Waals surface area (Å²) in [6.07, 6.45) is 2.10. The van der Waals surface area contributed by atoms with Crippen LogP contribution in [0.4, 0.5) is 0 Å². The van der Waals surface area contributed by atoms with Gasteiger partial charge < -0.3 is 14.6 Å². The van der Waals surface area contributed by atoms with Gasteiger partial charge in [-0.3, -0.25) is 4.79 Å². The Morgan fingerprint density at radius 2 is 2.25 bits per heavy atom. The first-order chi connectivity index (χ1) is 7.69. The van der Waals surface area contributed by atoms with E-state index in [1.165, 1.54) is 0 Å². The van der Waals surface area contributed by atoms with Crippen LogP contribution in [0.1, 0.15) is 23.8 Å². The number of carbonyl (C=O) groups excluding carboxylic acids is 2. The summed E-state index contributed by atoms with van der Waals surface area (Å²) in [4.78, 5) is 22.6. The number of esters is 1. The molecule has 1 rings (SSSR count). The van der Waals surface area contributed by atoms with Gasteiger partial charge in [-0.1, -0.05) is 0 Å².